The van der Waals surface area contributed by atoms with E-state index in [4.69, 9.17) is 4.98 Å². The highest BCUT2D eigenvalue weighted by Gasteiger charge is 2.36. The largest absolute Gasteiger partial charge is 0.309 e. The van der Waals surface area contributed by atoms with Crippen molar-refractivity contribution in [3.63, 3.8) is 0 Å². The maximum absolute atomic E-state index is 5.40. The summed E-state index contributed by atoms with van der Waals surface area (Å²) in [7, 11) is 0. The Morgan fingerprint density at radius 3 is 1.81 bits per heavy atom. The SMILES string of the molecule is CC1(C)c2ccccc2-c2c(-c3ccc4c(c3)c3cccc(-c5cccc(-c6ccc7c8ccccc8c8ccccc8c7n6)c5)c3n4-c3ccccc3)cccc21. The van der Waals surface area contributed by atoms with Crippen molar-refractivity contribution >= 4 is 54.3 Å². The number of hydrogen-bond acceptors (Lipinski definition) is 1. The van der Waals surface area contributed by atoms with Gasteiger partial charge in [0, 0.05) is 43.8 Å². The van der Waals surface area contributed by atoms with E-state index in [1.54, 1.807) is 0 Å². The lowest BCUT2D eigenvalue weighted by molar-refractivity contribution is 0.660. The molecule has 272 valence electrons. The van der Waals surface area contributed by atoms with Gasteiger partial charge in [-0.3, -0.25) is 0 Å². The van der Waals surface area contributed by atoms with E-state index in [0.717, 1.165) is 28.0 Å². The molecule has 9 aromatic carbocycles. The standard InChI is InChI=1S/C56H38N2/c1-56(2)49-27-11-10-23-47(49)53-39(24-14-28-50(53)56)36-29-32-52-48(34-36)46-26-13-25-40(55(46)58(52)38-17-4-3-5-18-38)35-15-12-16-37(33-35)51-31-30-45-43-21-7-6-19-41(43)42-20-8-9-22-44(42)54(45)57-51/h3-34H,1-2H3. The van der Waals surface area contributed by atoms with E-state index in [-0.39, 0.29) is 5.41 Å². The fourth-order valence-electron chi connectivity index (χ4n) is 10.1. The Labute approximate surface area is 337 Å². The zero-order valence-corrected chi connectivity index (χ0v) is 32.4. The molecule has 0 radical (unpaired) electrons. The predicted molar refractivity (Wildman–Crippen MR) is 245 cm³/mol. The van der Waals surface area contributed by atoms with Crippen molar-refractivity contribution < 1.29 is 0 Å². The molecule has 0 spiro atoms. The molecule has 2 heterocycles. The van der Waals surface area contributed by atoms with E-state index in [1.807, 2.05) is 0 Å². The van der Waals surface area contributed by atoms with Gasteiger partial charge in [-0.1, -0.05) is 166 Å². The fraction of sp³-hybridized carbons (Fsp3) is 0.0536. The Balaban J connectivity index is 1.06. The van der Waals surface area contributed by atoms with E-state index < -0.39 is 0 Å². The highest BCUT2D eigenvalue weighted by Crippen LogP contribution is 2.52. The first-order chi connectivity index (χ1) is 28.5. The van der Waals surface area contributed by atoms with Crippen LogP contribution in [0, 0.1) is 0 Å². The molecular weight excluding hydrogens is 701 g/mol. The van der Waals surface area contributed by atoms with Gasteiger partial charge < -0.3 is 4.57 Å². The van der Waals surface area contributed by atoms with Crippen LogP contribution in [0.5, 0.6) is 0 Å². The zero-order chi connectivity index (χ0) is 38.5. The van der Waals surface area contributed by atoms with E-state index in [0.29, 0.717) is 0 Å². The van der Waals surface area contributed by atoms with E-state index in [2.05, 4.69) is 213 Å². The lowest BCUT2D eigenvalue weighted by Gasteiger charge is -2.21. The molecule has 0 bridgehead atoms. The van der Waals surface area contributed by atoms with Gasteiger partial charge in [0.2, 0.25) is 0 Å². The van der Waals surface area contributed by atoms with Crippen LogP contribution in [0.4, 0.5) is 0 Å². The molecule has 0 aliphatic heterocycles. The molecule has 12 rings (SSSR count). The predicted octanol–water partition coefficient (Wildman–Crippen LogP) is 14.9. The molecule has 0 N–H and O–H groups in total. The zero-order valence-electron chi connectivity index (χ0n) is 32.4. The molecular formula is C56H38N2. The van der Waals surface area contributed by atoms with E-state index in [1.165, 1.54) is 87.7 Å². The number of para-hydroxylation sites is 2. The summed E-state index contributed by atoms with van der Waals surface area (Å²) in [6, 6.07) is 71.2. The number of hydrogen-bond donors (Lipinski definition) is 0. The molecule has 2 aromatic heterocycles. The summed E-state index contributed by atoms with van der Waals surface area (Å²) < 4.78 is 2.45. The van der Waals surface area contributed by atoms with Crippen molar-refractivity contribution in [1.82, 2.24) is 9.55 Å². The summed E-state index contributed by atoms with van der Waals surface area (Å²) in [5, 5.41) is 8.57. The number of aromatic nitrogens is 2. The number of benzene rings is 9. The first kappa shape index (κ1) is 32.9. The van der Waals surface area contributed by atoms with Gasteiger partial charge in [-0.2, -0.15) is 0 Å². The highest BCUT2D eigenvalue weighted by molar-refractivity contribution is 6.24. The summed E-state index contributed by atoms with van der Waals surface area (Å²) in [5.41, 5.74) is 16.9. The summed E-state index contributed by atoms with van der Waals surface area (Å²) in [4.78, 5) is 5.40. The average molecular weight is 739 g/mol. The van der Waals surface area contributed by atoms with Crippen LogP contribution >= 0.6 is 0 Å². The lowest BCUT2D eigenvalue weighted by Crippen LogP contribution is -2.14. The molecule has 0 fully saturated rings. The maximum Gasteiger partial charge on any atom is 0.0794 e. The Morgan fingerprint density at radius 2 is 0.983 bits per heavy atom. The van der Waals surface area contributed by atoms with Crippen LogP contribution in [0.2, 0.25) is 0 Å². The molecule has 2 nitrogen and oxygen atoms in total. The first-order valence-electron chi connectivity index (χ1n) is 20.2. The minimum atomic E-state index is -0.0522. The summed E-state index contributed by atoms with van der Waals surface area (Å²) in [6.45, 7) is 4.71. The summed E-state index contributed by atoms with van der Waals surface area (Å²) in [5.74, 6) is 0. The first-order valence-corrected chi connectivity index (χ1v) is 20.2. The lowest BCUT2D eigenvalue weighted by atomic mass is 9.82. The van der Waals surface area contributed by atoms with Crippen molar-refractivity contribution in [1.29, 1.82) is 0 Å². The second kappa shape index (κ2) is 12.4. The van der Waals surface area contributed by atoms with Crippen LogP contribution in [-0.4, -0.2) is 9.55 Å². The van der Waals surface area contributed by atoms with Crippen LogP contribution in [-0.2, 0) is 5.41 Å². The van der Waals surface area contributed by atoms with Gasteiger partial charge in [-0.25, -0.2) is 4.98 Å². The minimum absolute atomic E-state index is 0.0522. The summed E-state index contributed by atoms with van der Waals surface area (Å²) >= 11 is 0. The fourth-order valence-corrected chi connectivity index (χ4v) is 10.1. The third-order valence-corrected chi connectivity index (χ3v) is 12.8. The van der Waals surface area contributed by atoms with Crippen LogP contribution in [0.15, 0.2) is 194 Å². The molecule has 0 saturated carbocycles. The third-order valence-electron chi connectivity index (χ3n) is 12.8. The molecule has 0 unspecified atom stereocenters. The molecule has 1 aliphatic rings. The third kappa shape index (κ3) is 4.69. The van der Waals surface area contributed by atoms with Gasteiger partial charge in [0.1, 0.15) is 0 Å². The van der Waals surface area contributed by atoms with Crippen molar-refractivity contribution in [2.75, 3.05) is 0 Å². The second-order valence-corrected chi connectivity index (χ2v) is 16.3. The molecule has 0 amide bonds. The Morgan fingerprint density at radius 1 is 0.397 bits per heavy atom. The number of fused-ring (bicyclic) bond motifs is 12. The van der Waals surface area contributed by atoms with Crippen LogP contribution in [0.1, 0.15) is 25.0 Å². The number of rotatable bonds is 4. The number of pyridine rings is 1. The van der Waals surface area contributed by atoms with Crippen molar-refractivity contribution in [3.05, 3.63) is 205 Å². The van der Waals surface area contributed by atoms with Crippen molar-refractivity contribution in [2.45, 2.75) is 19.3 Å². The second-order valence-electron chi connectivity index (χ2n) is 16.3. The molecule has 2 heteroatoms. The molecule has 0 saturated heterocycles. The van der Waals surface area contributed by atoms with Gasteiger partial charge in [-0.15, -0.1) is 0 Å². The maximum atomic E-state index is 5.40. The molecule has 1 aliphatic carbocycles. The van der Waals surface area contributed by atoms with Gasteiger partial charge in [-0.05, 0) is 97.6 Å². The Hall–Kier alpha value is -7.29. The topological polar surface area (TPSA) is 17.8 Å². The molecule has 11 aromatic rings. The van der Waals surface area contributed by atoms with Gasteiger partial charge in [0.25, 0.3) is 0 Å². The van der Waals surface area contributed by atoms with Gasteiger partial charge >= 0.3 is 0 Å². The van der Waals surface area contributed by atoms with Gasteiger partial charge in [0.05, 0.1) is 22.2 Å². The van der Waals surface area contributed by atoms with E-state index in [9.17, 15) is 0 Å². The van der Waals surface area contributed by atoms with Crippen molar-refractivity contribution in [2.24, 2.45) is 0 Å². The monoisotopic (exact) mass is 738 g/mol. The highest BCUT2D eigenvalue weighted by atomic mass is 15.0. The van der Waals surface area contributed by atoms with Crippen LogP contribution in [0.25, 0.3) is 105 Å². The Kier molecular flexibility index (Phi) is 7.01. The average Bonchev–Trinajstić information content (AvgIpc) is 3.75. The summed E-state index contributed by atoms with van der Waals surface area (Å²) in [6.07, 6.45) is 0. The normalized spacial score (nSPS) is 13.1. The minimum Gasteiger partial charge on any atom is -0.309 e. The quantitative estimate of drug-likeness (QED) is 0.164. The molecule has 58 heavy (non-hydrogen) atoms. The van der Waals surface area contributed by atoms with E-state index >= 15 is 0 Å². The smallest absolute Gasteiger partial charge is 0.0794 e. The van der Waals surface area contributed by atoms with Gasteiger partial charge in [0.15, 0.2) is 0 Å². The Bertz CT molecular complexity index is 3440. The van der Waals surface area contributed by atoms with Crippen LogP contribution < -0.4 is 0 Å². The molecule has 0 atom stereocenters. The van der Waals surface area contributed by atoms with Crippen molar-refractivity contribution in [3.8, 4) is 50.3 Å². The van der Waals surface area contributed by atoms with Crippen LogP contribution in [0.3, 0.4) is 0 Å². The number of nitrogens with zero attached hydrogens (tertiary/aromatic N) is 2.